The van der Waals surface area contributed by atoms with Crippen molar-refractivity contribution < 1.29 is 4.79 Å². The highest BCUT2D eigenvalue weighted by Gasteiger charge is 2.10. The second kappa shape index (κ2) is 5.98. The molecule has 0 aromatic carbocycles. The third-order valence-corrected chi connectivity index (χ3v) is 2.01. The number of carbonyl (C=O) groups is 1. The van der Waals surface area contributed by atoms with Gasteiger partial charge in [-0.05, 0) is 6.42 Å². The molecule has 1 amide bonds. The van der Waals surface area contributed by atoms with Crippen molar-refractivity contribution in [2.75, 3.05) is 6.54 Å². The highest BCUT2D eigenvalue weighted by atomic mass is 16.2. The zero-order valence-electron chi connectivity index (χ0n) is 8.57. The Morgan fingerprint density at radius 3 is 3.20 bits per heavy atom. The first kappa shape index (κ1) is 11.5. The smallest absolute Gasteiger partial charge is 0.237 e. The van der Waals surface area contributed by atoms with E-state index in [1.807, 2.05) is 0 Å². The fraction of sp³-hybridized carbons (Fsp3) is 0.400. The number of aromatic amines is 1. The van der Waals surface area contributed by atoms with E-state index in [0.29, 0.717) is 13.0 Å². The van der Waals surface area contributed by atoms with Crippen LogP contribution in [0.2, 0.25) is 0 Å². The summed E-state index contributed by atoms with van der Waals surface area (Å²) in [6.07, 6.45) is 6.21. The first-order valence-corrected chi connectivity index (χ1v) is 4.85. The van der Waals surface area contributed by atoms with Gasteiger partial charge in [0.05, 0.1) is 12.4 Å². The Kier molecular flexibility index (Phi) is 4.56. The summed E-state index contributed by atoms with van der Waals surface area (Å²) >= 11 is 0. The van der Waals surface area contributed by atoms with Gasteiger partial charge in [0.25, 0.3) is 0 Å². The number of hydrogen-bond donors (Lipinski definition) is 3. The Bertz CT molecular complexity index is 307. The fourth-order valence-corrected chi connectivity index (χ4v) is 1.16. The number of nitrogens with zero attached hydrogens (tertiary/aromatic N) is 1. The Morgan fingerprint density at radius 1 is 1.80 bits per heavy atom. The molecule has 0 radical (unpaired) electrons. The van der Waals surface area contributed by atoms with Crippen LogP contribution in [-0.2, 0) is 11.2 Å². The van der Waals surface area contributed by atoms with Gasteiger partial charge in [-0.15, -0.1) is 6.58 Å². The number of imidazole rings is 1. The molecule has 15 heavy (non-hydrogen) atoms. The van der Waals surface area contributed by atoms with Crippen molar-refractivity contribution in [3.63, 3.8) is 0 Å². The van der Waals surface area contributed by atoms with E-state index in [1.54, 1.807) is 18.6 Å². The number of nitrogens with two attached hydrogens (primary N) is 1. The van der Waals surface area contributed by atoms with Gasteiger partial charge in [-0.25, -0.2) is 4.98 Å². The van der Waals surface area contributed by atoms with Crippen LogP contribution in [0.1, 0.15) is 12.1 Å². The maximum Gasteiger partial charge on any atom is 0.237 e. The van der Waals surface area contributed by atoms with E-state index in [1.165, 1.54) is 0 Å². The number of H-pyrrole nitrogens is 1. The monoisotopic (exact) mass is 208 g/mol. The van der Waals surface area contributed by atoms with E-state index in [-0.39, 0.29) is 5.91 Å². The molecule has 1 aromatic heterocycles. The molecule has 0 aliphatic heterocycles. The van der Waals surface area contributed by atoms with Crippen LogP contribution in [0, 0.1) is 0 Å². The van der Waals surface area contributed by atoms with Gasteiger partial charge in [-0.2, -0.15) is 0 Å². The van der Waals surface area contributed by atoms with Gasteiger partial charge in [-0.3, -0.25) is 4.79 Å². The van der Waals surface area contributed by atoms with Crippen LogP contribution in [0.4, 0.5) is 0 Å². The molecule has 1 atom stereocenters. The number of hydrogen-bond acceptors (Lipinski definition) is 3. The van der Waals surface area contributed by atoms with E-state index in [2.05, 4.69) is 21.9 Å². The average Bonchev–Trinajstić information content (AvgIpc) is 2.71. The highest BCUT2D eigenvalue weighted by Crippen LogP contribution is 1.92. The lowest BCUT2D eigenvalue weighted by Crippen LogP contribution is -2.40. The number of aromatic nitrogens is 2. The van der Waals surface area contributed by atoms with Gasteiger partial charge >= 0.3 is 0 Å². The molecular weight excluding hydrogens is 192 g/mol. The van der Waals surface area contributed by atoms with E-state index in [0.717, 1.165) is 12.1 Å². The minimum absolute atomic E-state index is 0.144. The minimum atomic E-state index is -0.496. The lowest BCUT2D eigenvalue weighted by Gasteiger charge is -2.09. The van der Waals surface area contributed by atoms with Crippen LogP contribution in [-0.4, -0.2) is 28.5 Å². The SMILES string of the molecule is C=CCC(N)C(=O)NCCc1cnc[nH]1. The van der Waals surface area contributed by atoms with E-state index >= 15 is 0 Å². The van der Waals surface area contributed by atoms with Crippen molar-refractivity contribution >= 4 is 5.91 Å². The number of rotatable bonds is 6. The largest absolute Gasteiger partial charge is 0.354 e. The van der Waals surface area contributed by atoms with Gasteiger partial charge in [0.15, 0.2) is 0 Å². The Labute approximate surface area is 88.8 Å². The molecule has 0 saturated carbocycles. The third-order valence-electron chi connectivity index (χ3n) is 2.01. The molecule has 5 heteroatoms. The topological polar surface area (TPSA) is 83.8 Å². The molecule has 4 N–H and O–H groups in total. The molecule has 0 bridgehead atoms. The lowest BCUT2D eigenvalue weighted by atomic mass is 10.2. The van der Waals surface area contributed by atoms with Gasteiger partial charge in [-0.1, -0.05) is 6.08 Å². The maximum absolute atomic E-state index is 11.4. The second-order valence-corrected chi connectivity index (χ2v) is 3.25. The number of carbonyl (C=O) groups excluding carboxylic acids is 1. The number of amides is 1. The van der Waals surface area contributed by atoms with Crippen LogP contribution >= 0.6 is 0 Å². The molecule has 82 valence electrons. The zero-order chi connectivity index (χ0) is 11.1. The summed E-state index contributed by atoms with van der Waals surface area (Å²) in [7, 11) is 0. The van der Waals surface area contributed by atoms with Crippen LogP contribution in [0.25, 0.3) is 0 Å². The molecule has 1 heterocycles. The Morgan fingerprint density at radius 2 is 2.60 bits per heavy atom. The average molecular weight is 208 g/mol. The first-order chi connectivity index (χ1) is 7.24. The van der Waals surface area contributed by atoms with E-state index in [9.17, 15) is 4.79 Å². The number of nitrogens with one attached hydrogen (secondary N) is 2. The van der Waals surface area contributed by atoms with E-state index < -0.39 is 6.04 Å². The van der Waals surface area contributed by atoms with Crippen molar-refractivity contribution in [2.45, 2.75) is 18.9 Å². The molecule has 0 fully saturated rings. The summed E-state index contributed by atoms with van der Waals surface area (Å²) in [4.78, 5) is 18.2. The van der Waals surface area contributed by atoms with Gasteiger partial charge in [0.1, 0.15) is 0 Å². The molecule has 0 aliphatic rings. The molecule has 5 nitrogen and oxygen atoms in total. The normalized spacial score (nSPS) is 12.1. The van der Waals surface area contributed by atoms with Gasteiger partial charge in [0, 0.05) is 24.9 Å². The van der Waals surface area contributed by atoms with E-state index in [4.69, 9.17) is 5.73 Å². The van der Waals surface area contributed by atoms with Crippen molar-refractivity contribution in [3.8, 4) is 0 Å². The first-order valence-electron chi connectivity index (χ1n) is 4.85. The molecular formula is C10H16N4O. The minimum Gasteiger partial charge on any atom is -0.354 e. The van der Waals surface area contributed by atoms with Crippen LogP contribution in [0.3, 0.4) is 0 Å². The predicted octanol–water partition coefficient (Wildman–Crippen LogP) is -0.0282. The fourth-order valence-electron chi connectivity index (χ4n) is 1.16. The van der Waals surface area contributed by atoms with Crippen LogP contribution in [0.5, 0.6) is 0 Å². The molecule has 1 rings (SSSR count). The standard InChI is InChI=1S/C10H16N4O/c1-2-3-9(11)10(15)13-5-4-8-6-12-7-14-8/h2,6-7,9H,1,3-5,11H2,(H,12,14)(H,13,15). The predicted molar refractivity (Wildman–Crippen MR) is 58.1 cm³/mol. The summed E-state index contributed by atoms with van der Waals surface area (Å²) < 4.78 is 0. The quantitative estimate of drug-likeness (QED) is 0.574. The summed E-state index contributed by atoms with van der Waals surface area (Å²) in [6, 6.07) is -0.496. The third kappa shape index (κ3) is 3.95. The molecule has 0 aliphatic carbocycles. The van der Waals surface area contributed by atoms with Crippen molar-refractivity contribution in [3.05, 3.63) is 30.9 Å². The van der Waals surface area contributed by atoms with Crippen molar-refractivity contribution in [1.82, 2.24) is 15.3 Å². The molecule has 1 unspecified atom stereocenters. The summed E-state index contributed by atoms with van der Waals surface area (Å²) in [5.74, 6) is -0.144. The molecule has 0 saturated heterocycles. The summed E-state index contributed by atoms with van der Waals surface area (Å²) in [5, 5.41) is 2.75. The zero-order valence-corrected chi connectivity index (χ0v) is 8.57. The molecule has 1 aromatic rings. The van der Waals surface area contributed by atoms with Gasteiger partial charge in [0.2, 0.25) is 5.91 Å². The van der Waals surface area contributed by atoms with Crippen LogP contribution in [0.15, 0.2) is 25.2 Å². The Balaban J connectivity index is 2.19. The second-order valence-electron chi connectivity index (χ2n) is 3.25. The van der Waals surface area contributed by atoms with Crippen molar-refractivity contribution in [1.29, 1.82) is 0 Å². The summed E-state index contributed by atoms with van der Waals surface area (Å²) in [6.45, 7) is 4.09. The maximum atomic E-state index is 11.4. The summed E-state index contributed by atoms with van der Waals surface area (Å²) in [5.41, 5.74) is 6.58. The Hall–Kier alpha value is -1.62. The highest BCUT2D eigenvalue weighted by molar-refractivity contribution is 5.81. The van der Waals surface area contributed by atoms with Crippen LogP contribution < -0.4 is 11.1 Å². The van der Waals surface area contributed by atoms with Crippen molar-refractivity contribution in [2.24, 2.45) is 5.73 Å². The molecule has 0 spiro atoms. The van der Waals surface area contributed by atoms with Gasteiger partial charge < -0.3 is 16.0 Å². The lowest BCUT2D eigenvalue weighted by molar-refractivity contribution is -0.122.